The van der Waals surface area contributed by atoms with E-state index in [0.717, 1.165) is 24.0 Å². The molecule has 0 spiro atoms. The summed E-state index contributed by atoms with van der Waals surface area (Å²) in [5.41, 5.74) is 5.79. The van der Waals surface area contributed by atoms with Gasteiger partial charge in [-0.25, -0.2) is 0 Å². The molecule has 0 aromatic heterocycles. The van der Waals surface area contributed by atoms with Crippen molar-refractivity contribution >= 4 is 24.9 Å². The van der Waals surface area contributed by atoms with Crippen LogP contribution in [-0.2, 0) is 9.59 Å². The maximum absolute atomic E-state index is 13.7. The Bertz CT molecular complexity index is 944. The Kier molecular flexibility index (Phi) is 9.28. The van der Waals surface area contributed by atoms with Gasteiger partial charge in [-0.2, -0.15) is 0 Å². The van der Waals surface area contributed by atoms with Crippen LogP contribution in [0.4, 0.5) is 0 Å². The summed E-state index contributed by atoms with van der Waals surface area (Å²) in [6.45, 7) is 0.357. The lowest BCUT2D eigenvalue weighted by Crippen LogP contribution is -2.56. The molecule has 10 heteroatoms. The van der Waals surface area contributed by atoms with Crippen LogP contribution in [-0.4, -0.2) is 47.4 Å². The van der Waals surface area contributed by atoms with Crippen molar-refractivity contribution in [2.24, 2.45) is 11.1 Å². The van der Waals surface area contributed by atoms with Crippen LogP contribution in [0.1, 0.15) is 55.7 Å². The number of nitrogens with two attached hydrogens (primary N) is 1. The van der Waals surface area contributed by atoms with Crippen molar-refractivity contribution in [2.75, 3.05) is 6.54 Å². The van der Waals surface area contributed by atoms with E-state index in [1.165, 1.54) is 0 Å². The van der Waals surface area contributed by atoms with Crippen LogP contribution in [0.15, 0.2) is 60.7 Å². The lowest BCUT2D eigenvalue weighted by molar-refractivity contribution is -0.144. The Morgan fingerprint density at radius 2 is 1.46 bits per heavy atom. The van der Waals surface area contributed by atoms with Crippen molar-refractivity contribution in [1.29, 1.82) is 5.41 Å². The second kappa shape index (κ2) is 12.4. The van der Waals surface area contributed by atoms with Crippen molar-refractivity contribution in [1.82, 2.24) is 16.0 Å². The highest BCUT2D eigenvalue weighted by atomic mass is 16.4. The van der Waals surface area contributed by atoms with Crippen LogP contribution in [0.5, 0.6) is 0 Å². The molecule has 0 aliphatic heterocycles. The molecule has 0 unspecified atom stereocenters. The topological polar surface area (TPSA) is 161 Å². The largest absolute Gasteiger partial charge is 0.475 e. The summed E-state index contributed by atoms with van der Waals surface area (Å²) in [7, 11) is -1.78. The average Bonchev–Trinajstić information content (AvgIpc) is 3.36. The molecule has 0 radical (unpaired) electrons. The third-order valence-electron chi connectivity index (χ3n) is 6.55. The van der Waals surface area contributed by atoms with Gasteiger partial charge in [-0.3, -0.25) is 15.0 Å². The molecule has 2 aromatic carbocycles. The summed E-state index contributed by atoms with van der Waals surface area (Å²) >= 11 is 0. The van der Waals surface area contributed by atoms with E-state index in [4.69, 9.17) is 11.1 Å². The smallest absolute Gasteiger partial charge is 0.426 e. The van der Waals surface area contributed by atoms with Crippen LogP contribution in [0.3, 0.4) is 0 Å². The molecule has 3 rings (SSSR count). The van der Waals surface area contributed by atoms with Gasteiger partial charge in [0.05, 0.1) is 12.0 Å². The standard InChI is InChI=1S/C25H34BN5O4/c27-24(28)29-17-9-14-20(26(34)35)30-22(32)25(15-7-8-16-25)23(33)31-21(18-10-3-1-4-11-18)19-12-5-2-6-13-19/h1-6,10-13,20-21,34-35H,7-9,14-17H2,(H,30,32)(H,31,33)(H4,27,28,29)/t20-/m0/s1. The molecule has 1 aliphatic rings. The predicted octanol–water partition coefficient (Wildman–Crippen LogP) is 1.21. The number of rotatable bonds is 11. The average molecular weight is 479 g/mol. The number of guanidine groups is 1. The van der Waals surface area contributed by atoms with Gasteiger partial charge in [-0.15, -0.1) is 0 Å². The second-order valence-electron chi connectivity index (χ2n) is 8.99. The van der Waals surface area contributed by atoms with Crippen molar-refractivity contribution < 1.29 is 19.6 Å². The van der Waals surface area contributed by atoms with Crippen LogP contribution in [0.2, 0.25) is 0 Å². The number of hydrogen-bond acceptors (Lipinski definition) is 5. The molecule has 35 heavy (non-hydrogen) atoms. The van der Waals surface area contributed by atoms with Crippen molar-refractivity contribution in [3.63, 3.8) is 0 Å². The van der Waals surface area contributed by atoms with E-state index in [0.29, 0.717) is 25.8 Å². The van der Waals surface area contributed by atoms with E-state index in [2.05, 4.69) is 16.0 Å². The lowest BCUT2D eigenvalue weighted by atomic mass is 9.75. The molecule has 1 atom stereocenters. The Labute approximate surface area is 206 Å². The molecule has 9 nitrogen and oxygen atoms in total. The third kappa shape index (κ3) is 6.83. The highest BCUT2D eigenvalue weighted by Gasteiger charge is 2.49. The molecular formula is C25H34BN5O4. The van der Waals surface area contributed by atoms with Gasteiger partial charge in [0, 0.05) is 6.54 Å². The zero-order chi connectivity index (χ0) is 25.3. The first-order chi connectivity index (χ1) is 16.8. The SMILES string of the molecule is N=C(N)NCCC[C@H](NC(=O)C1(C(=O)NC(c2ccccc2)c2ccccc2)CCCC1)B(O)O. The first kappa shape index (κ1) is 26.2. The minimum atomic E-state index is -1.78. The Morgan fingerprint density at radius 3 is 1.94 bits per heavy atom. The molecule has 186 valence electrons. The van der Waals surface area contributed by atoms with E-state index < -0.39 is 30.4 Å². The van der Waals surface area contributed by atoms with E-state index >= 15 is 0 Å². The molecule has 8 N–H and O–H groups in total. The fourth-order valence-corrected chi connectivity index (χ4v) is 4.60. The van der Waals surface area contributed by atoms with Crippen molar-refractivity contribution in [3.8, 4) is 0 Å². The molecule has 1 aliphatic carbocycles. The first-order valence-electron chi connectivity index (χ1n) is 12.0. The predicted molar refractivity (Wildman–Crippen MR) is 135 cm³/mol. The quantitative estimate of drug-likeness (QED) is 0.0843. The normalized spacial score (nSPS) is 15.3. The monoisotopic (exact) mass is 479 g/mol. The number of hydrogen-bond donors (Lipinski definition) is 7. The molecule has 0 heterocycles. The third-order valence-corrected chi connectivity index (χ3v) is 6.55. The lowest BCUT2D eigenvalue weighted by Gasteiger charge is -2.31. The summed E-state index contributed by atoms with van der Waals surface area (Å²) in [5.74, 6) is -1.98. The molecule has 2 aromatic rings. The van der Waals surface area contributed by atoms with Gasteiger partial charge >= 0.3 is 7.12 Å². The van der Waals surface area contributed by atoms with E-state index in [1.54, 1.807) is 0 Å². The maximum Gasteiger partial charge on any atom is 0.475 e. The minimum absolute atomic E-state index is 0.178. The molecule has 2 amide bonds. The molecule has 0 saturated heterocycles. The van der Waals surface area contributed by atoms with Gasteiger partial charge in [0.15, 0.2) is 5.96 Å². The van der Waals surface area contributed by atoms with E-state index in [1.807, 2.05) is 60.7 Å². The Morgan fingerprint density at radius 1 is 0.943 bits per heavy atom. The number of amides is 2. The number of carbonyl (C=O) groups is 2. The highest BCUT2D eigenvalue weighted by molar-refractivity contribution is 6.43. The molecule has 0 bridgehead atoms. The van der Waals surface area contributed by atoms with Gasteiger partial charge in [0.1, 0.15) is 5.41 Å². The first-order valence-corrected chi connectivity index (χ1v) is 12.0. The summed E-state index contributed by atoms with van der Waals surface area (Å²) in [6, 6.07) is 18.8. The Balaban J connectivity index is 1.77. The van der Waals surface area contributed by atoms with Crippen LogP contribution >= 0.6 is 0 Å². The Hall–Kier alpha value is -3.37. The summed E-state index contributed by atoms with van der Waals surface area (Å²) < 4.78 is 0. The van der Waals surface area contributed by atoms with Gasteiger partial charge in [-0.05, 0) is 36.8 Å². The summed E-state index contributed by atoms with van der Waals surface area (Å²) in [6.07, 6.45) is 2.94. The van der Waals surface area contributed by atoms with E-state index in [9.17, 15) is 19.6 Å². The summed E-state index contributed by atoms with van der Waals surface area (Å²) in [5, 5.41) is 35.3. The summed E-state index contributed by atoms with van der Waals surface area (Å²) in [4.78, 5) is 27.2. The van der Waals surface area contributed by atoms with Gasteiger partial charge < -0.3 is 31.7 Å². The molecule has 1 fully saturated rings. The highest BCUT2D eigenvalue weighted by Crippen LogP contribution is 2.40. The molecule has 1 saturated carbocycles. The van der Waals surface area contributed by atoms with Gasteiger partial charge in [-0.1, -0.05) is 73.5 Å². The minimum Gasteiger partial charge on any atom is -0.426 e. The fraction of sp³-hybridized carbons (Fsp3) is 0.400. The number of benzene rings is 2. The van der Waals surface area contributed by atoms with Gasteiger partial charge in [0.25, 0.3) is 0 Å². The molecular weight excluding hydrogens is 445 g/mol. The zero-order valence-corrected chi connectivity index (χ0v) is 19.7. The van der Waals surface area contributed by atoms with Crippen LogP contribution in [0, 0.1) is 10.8 Å². The van der Waals surface area contributed by atoms with Gasteiger partial charge in [0.2, 0.25) is 11.8 Å². The van der Waals surface area contributed by atoms with Crippen molar-refractivity contribution in [3.05, 3.63) is 71.8 Å². The maximum atomic E-state index is 13.7. The van der Waals surface area contributed by atoms with E-state index in [-0.39, 0.29) is 18.3 Å². The second-order valence-corrected chi connectivity index (χ2v) is 8.99. The number of carbonyl (C=O) groups excluding carboxylic acids is 2. The zero-order valence-electron chi connectivity index (χ0n) is 19.7. The van der Waals surface area contributed by atoms with Crippen LogP contribution in [0.25, 0.3) is 0 Å². The van der Waals surface area contributed by atoms with Crippen LogP contribution < -0.4 is 21.7 Å². The van der Waals surface area contributed by atoms with Crippen molar-refractivity contribution in [2.45, 2.75) is 50.5 Å². The number of nitrogens with one attached hydrogen (secondary N) is 4. The fourth-order valence-electron chi connectivity index (χ4n) is 4.60.